The standard InChI is InChI=1S/C31H21NS/c1-20-11-16-30-27(17-20)26-15-13-23(19-31(26)33-30)32-28-10-6-5-9-24(28)25-14-12-22(18-29(25)32)21-7-3-2-4-8-21/h2-19H,1H3. The van der Waals surface area contributed by atoms with Crippen LogP contribution in [0.3, 0.4) is 0 Å². The Kier molecular flexibility index (Phi) is 3.99. The van der Waals surface area contributed by atoms with Crippen molar-refractivity contribution in [1.82, 2.24) is 4.57 Å². The van der Waals surface area contributed by atoms with Crippen molar-refractivity contribution in [2.24, 2.45) is 0 Å². The molecule has 2 heteroatoms. The zero-order valence-electron chi connectivity index (χ0n) is 18.2. The Bertz CT molecular complexity index is 1820. The summed E-state index contributed by atoms with van der Waals surface area (Å²) in [5, 5.41) is 5.28. The van der Waals surface area contributed by atoms with Crippen molar-refractivity contribution in [2.45, 2.75) is 6.92 Å². The lowest BCUT2D eigenvalue weighted by atomic mass is 10.0. The van der Waals surface area contributed by atoms with E-state index in [1.54, 1.807) is 0 Å². The molecule has 0 bridgehead atoms. The monoisotopic (exact) mass is 439 g/mol. The summed E-state index contributed by atoms with van der Waals surface area (Å²) in [5.41, 5.74) is 7.49. The molecule has 7 rings (SSSR count). The lowest BCUT2D eigenvalue weighted by Crippen LogP contribution is -1.93. The minimum atomic E-state index is 1.21. The Morgan fingerprint density at radius 2 is 1.30 bits per heavy atom. The predicted molar refractivity (Wildman–Crippen MR) is 144 cm³/mol. The molecule has 0 amide bonds. The number of nitrogens with zero attached hydrogens (tertiary/aromatic N) is 1. The molecule has 0 saturated heterocycles. The Labute approximate surface area is 196 Å². The van der Waals surface area contributed by atoms with Crippen molar-refractivity contribution in [3.63, 3.8) is 0 Å². The van der Waals surface area contributed by atoms with Crippen LogP contribution in [0.25, 0.3) is 58.8 Å². The quantitative estimate of drug-likeness (QED) is 0.253. The Morgan fingerprint density at radius 1 is 0.515 bits per heavy atom. The van der Waals surface area contributed by atoms with Gasteiger partial charge in [0.15, 0.2) is 0 Å². The van der Waals surface area contributed by atoms with Crippen LogP contribution < -0.4 is 0 Å². The predicted octanol–water partition coefficient (Wildman–Crippen LogP) is 9.13. The molecule has 0 unspecified atom stereocenters. The third kappa shape index (κ3) is 2.84. The highest BCUT2D eigenvalue weighted by molar-refractivity contribution is 7.25. The van der Waals surface area contributed by atoms with Crippen LogP contribution in [-0.4, -0.2) is 4.57 Å². The van der Waals surface area contributed by atoms with Crippen LogP contribution >= 0.6 is 11.3 Å². The number of benzene rings is 5. The van der Waals surface area contributed by atoms with Gasteiger partial charge in [-0.2, -0.15) is 0 Å². The average molecular weight is 440 g/mol. The molecule has 1 nitrogen and oxygen atoms in total. The maximum Gasteiger partial charge on any atom is 0.0547 e. The van der Waals surface area contributed by atoms with Gasteiger partial charge in [0.1, 0.15) is 0 Å². The van der Waals surface area contributed by atoms with E-state index >= 15 is 0 Å². The van der Waals surface area contributed by atoms with E-state index in [0.717, 1.165) is 0 Å². The molecule has 0 aliphatic rings. The average Bonchev–Trinajstić information content (AvgIpc) is 3.39. The van der Waals surface area contributed by atoms with Crippen LogP contribution in [0.5, 0.6) is 0 Å². The number of para-hydroxylation sites is 1. The summed E-state index contributed by atoms with van der Waals surface area (Å²) in [7, 11) is 0. The molecule has 2 aromatic heterocycles. The lowest BCUT2D eigenvalue weighted by molar-refractivity contribution is 1.19. The summed E-state index contributed by atoms with van der Waals surface area (Å²) >= 11 is 1.88. The zero-order chi connectivity index (χ0) is 21.9. The molecule has 7 aromatic rings. The van der Waals surface area contributed by atoms with E-state index in [2.05, 4.69) is 121 Å². The second-order valence-electron chi connectivity index (χ2n) is 8.73. The summed E-state index contributed by atoms with van der Waals surface area (Å²) in [5.74, 6) is 0. The Hall–Kier alpha value is -3.88. The summed E-state index contributed by atoms with van der Waals surface area (Å²) in [6.45, 7) is 2.17. The normalized spacial score (nSPS) is 11.8. The van der Waals surface area contributed by atoms with Crippen LogP contribution in [-0.2, 0) is 0 Å². The highest BCUT2D eigenvalue weighted by atomic mass is 32.1. The van der Waals surface area contributed by atoms with E-state index < -0.39 is 0 Å². The Morgan fingerprint density at radius 3 is 2.21 bits per heavy atom. The molecule has 5 aromatic carbocycles. The van der Waals surface area contributed by atoms with Crippen molar-refractivity contribution in [3.05, 3.63) is 115 Å². The summed E-state index contributed by atoms with van der Waals surface area (Å²) < 4.78 is 5.10. The first-order chi connectivity index (χ1) is 16.3. The van der Waals surface area contributed by atoms with Crippen molar-refractivity contribution < 1.29 is 0 Å². The highest BCUT2D eigenvalue weighted by Gasteiger charge is 2.14. The summed E-state index contributed by atoms with van der Waals surface area (Å²) in [6, 6.07) is 39.9. The van der Waals surface area contributed by atoms with E-state index in [9.17, 15) is 0 Å². The van der Waals surface area contributed by atoms with Gasteiger partial charge in [-0.05, 0) is 54.4 Å². The van der Waals surface area contributed by atoms with E-state index in [0.29, 0.717) is 0 Å². The number of hydrogen-bond donors (Lipinski definition) is 0. The molecule has 0 atom stereocenters. The fourth-order valence-electron chi connectivity index (χ4n) is 5.08. The van der Waals surface area contributed by atoms with E-state index in [-0.39, 0.29) is 0 Å². The second-order valence-corrected chi connectivity index (χ2v) is 9.82. The first kappa shape index (κ1) is 18.7. The van der Waals surface area contributed by atoms with Gasteiger partial charge < -0.3 is 4.57 Å². The molecule has 2 heterocycles. The van der Waals surface area contributed by atoms with E-state index in [4.69, 9.17) is 0 Å². The van der Waals surface area contributed by atoms with Crippen molar-refractivity contribution in [3.8, 4) is 16.8 Å². The first-order valence-electron chi connectivity index (χ1n) is 11.3. The molecule has 0 spiro atoms. The number of rotatable bonds is 2. The number of aromatic nitrogens is 1. The van der Waals surface area contributed by atoms with Crippen LogP contribution in [0.15, 0.2) is 109 Å². The van der Waals surface area contributed by atoms with Gasteiger partial charge in [0.2, 0.25) is 0 Å². The van der Waals surface area contributed by atoms with Gasteiger partial charge in [0.25, 0.3) is 0 Å². The SMILES string of the molecule is Cc1ccc2sc3cc(-n4c5ccccc5c5ccc(-c6ccccc6)cc54)ccc3c2c1. The molecule has 33 heavy (non-hydrogen) atoms. The van der Waals surface area contributed by atoms with Gasteiger partial charge in [-0.3, -0.25) is 0 Å². The van der Waals surface area contributed by atoms with Crippen molar-refractivity contribution in [2.75, 3.05) is 0 Å². The van der Waals surface area contributed by atoms with E-state index in [1.165, 1.54) is 64.4 Å². The highest BCUT2D eigenvalue weighted by Crippen LogP contribution is 2.38. The fourth-order valence-corrected chi connectivity index (χ4v) is 6.20. The minimum absolute atomic E-state index is 1.21. The van der Waals surface area contributed by atoms with Gasteiger partial charge in [0.05, 0.1) is 11.0 Å². The summed E-state index contributed by atoms with van der Waals surface area (Å²) in [6.07, 6.45) is 0. The summed E-state index contributed by atoms with van der Waals surface area (Å²) in [4.78, 5) is 0. The molecule has 0 N–H and O–H groups in total. The van der Waals surface area contributed by atoms with Crippen molar-refractivity contribution >= 4 is 53.3 Å². The molecule has 156 valence electrons. The van der Waals surface area contributed by atoms with Crippen molar-refractivity contribution in [1.29, 1.82) is 0 Å². The maximum absolute atomic E-state index is 2.42. The number of thiophene rings is 1. The van der Waals surface area contributed by atoms with Crippen LogP contribution in [0.2, 0.25) is 0 Å². The topological polar surface area (TPSA) is 4.93 Å². The molecule has 0 radical (unpaired) electrons. The van der Waals surface area contributed by atoms with Crippen LogP contribution in [0, 0.1) is 6.92 Å². The lowest BCUT2D eigenvalue weighted by Gasteiger charge is -2.09. The molecular formula is C31H21NS. The third-order valence-corrected chi connectivity index (χ3v) is 7.78. The fraction of sp³-hybridized carbons (Fsp3) is 0.0323. The zero-order valence-corrected chi connectivity index (χ0v) is 19.1. The number of fused-ring (bicyclic) bond motifs is 6. The van der Waals surface area contributed by atoms with Gasteiger partial charge in [0, 0.05) is 36.6 Å². The smallest absolute Gasteiger partial charge is 0.0547 e. The number of aryl methyl sites for hydroxylation is 1. The molecular weight excluding hydrogens is 418 g/mol. The molecule has 0 aliphatic carbocycles. The first-order valence-corrected chi connectivity index (χ1v) is 12.1. The van der Waals surface area contributed by atoms with Crippen LogP contribution in [0.4, 0.5) is 0 Å². The van der Waals surface area contributed by atoms with Gasteiger partial charge in [-0.15, -0.1) is 11.3 Å². The van der Waals surface area contributed by atoms with Crippen LogP contribution in [0.1, 0.15) is 5.56 Å². The minimum Gasteiger partial charge on any atom is -0.309 e. The maximum atomic E-state index is 2.42. The van der Waals surface area contributed by atoms with E-state index in [1.807, 2.05) is 11.3 Å². The molecule has 0 aliphatic heterocycles. The Balaban J connectivity index is 1.53. The van der Waals surface area contributed by atoms with Gasteiger partial charge in [-0.25, -0.2) is 0 Å². The molecule has 0 fully saturated rings. The molecule has 0 saturated carbocycles. The second kappa shape index (κ2) is 7.06. The third-order valence-electron chi connectivity index (χ3n) is 6.65. The van der Waals surface area contributed by atoms with Gasteiger partial charge >= 0.3 is 0 Å². The van der Waals surface area contributed by atoms with Gasteiger partial charge in [-0.1, -0.05) is 78.4 Å². The number of hydrogen-bond acceptors (Lipinski definition) is 1. The largest absolute Gasteiger partial charge is 0.309 e.